The molecule has 52 valence electrons. The predicted octanol–water partition coefficient (Wildman–Crippen LogP) is 1.99. The summed E-state index contributed by atoms with van der Waals surface area (Å²) < 4.78 is 7.29. The van der Waals surface area contributed by atoms with Gasteiger partial charge in [0.15, 0.2) is 0 Å². The molecule has 0 saturated heterocycles. The van der Waals surface area contributed by atoms with Gasteiger partial charge in [-0.2, -0.15) is 0 Å². The highest BCUT2D eigenvalue weighted by molar-refractivity contribution is 6.63. The van der Waals surface area contributed by atoms with Crippen LogP contribution in [0.2, 0.25) is 0 Å². The van der Waals surface area contributed by atoms with Gasteiger partial charge in [-0.25, -0.2) is 0 Å². The van der Waals surface area contributed by atoms with Crippen molar-refractivity contribution in [3.8, 4) is 0 Å². The van der Waals surface area contributed by atoms with Crippen LogP contribution in [0.15, 0.2) is 30.3 Å². The molecule has 0 fully saturated rings. The molecular formula is C8H7ClO. The normalized spacial score (nSPS) is 13.9. The van der Waals surface area contributed by atoms with E-state index in [1.807, 2.05) is 6.07 Å². The number of hydrogen-bond donors (Lipinski definition) is 0. The first-order valence-corrected chi connectivity index (χ1v) is 3.26. The van der Waals surface area contributed by atoms with E-state index in [0.717, 1.165) is 0 Å². The number of carbonyl (C=O) groups is 1. The van der Waals surface area contributed by atoms with Gasteiger partial charge in [-0.05, 0) is 17.2 Å². The van der Waals surface area contributed by atoms with Crippen molar-refractivity contribution in [2.75, 3.05) is 0 Å². The summed E-state index contributed by atoms with van der Waals surface area (Å²) in [6.45, 7) is 0. The van der Waals surface area contributed by atoms with Crippen LogP contribution < -0.4 is 0 Å². The molecule has 1 aromatic carbocycles. The molecule has 0 N–H and O–H groups in total. The number of hydrogen-bond acceptors (Lipinski definition) is 1. The fourth-order valence-electron chi connectivity index (χ4n) is 0.680. The Morgan fingerprint density at radius 2 is 2.10 bits per heavy atom. The average molecular weight is 156 g/mol. The van der Waals surface area contributed by atoms with E-state index in [-0.39, 0.29) is 0 Å². The minimum Gasteiger partial charge on any atom is -0.281 e. The first kappa shape index (κ1) is 5.93. The summed E-state index contributed by atoms with van der Waals surface area (Å²) in [5, 5.41) is -0.642. The second-order valence-electron chi connectivity index (χ2n) is 1.86. The Balaban J connectivity index is 2.85. The van der Waals surface area contributed by atoms with Crippen molar-refractivity contribution in [2.24, 2.45) is 0 Å². The highest BCUT2D eigenvalue weighted by Gasteiger charge is 1.95. The van der Waals surface area contributed by atoms with Crippen molar-refractivity contribution in [3.63, 3.8) is 0 Å². The van der Waals surface area contributed by atoms with E-state index < -0.39 is 11.6 Å². The van der Waals surface area contributed by atoms with Crippen molar-refractivity contribution in [1.29, 1.82) is 0 Å². The molecule has 2 heteroatoms. The molecule has 1 aromatic rings. The molecule has 1 rings (SSSR count). The lowest BCUT2D eigenvalue weighted by atomic mass is 10.2. The molecule has 1 nitrogen and oxygen atoms in total. The van der Waals surface area contributed by atoms with Crippen LogP contribution in [-0.2, 0) is 11.2 Å². The lowest BCUT2D eigenvalue weighted by Gasteiger charge is -1.92. The number of halogens is 1. The highest BCUT2D eigenvalue weighted by atomic mass is 35.5. The van der Waals surface area contributed by atoms with Crippen LogP contribution in [0.25, 0.3) is 0 Å². The lowest BCUT2D eigenvalue weighted by Crippen LogP contribution is -1.91. The Morgan fingerprint density at radius 1 is 1.50 bits per heavy atom. The summed E-state index contributed by atoms with van der Waals surface area (Å²) in [6.07, 6.45) is -0.946. The fourth-order valence-corrected chi connectivity index (χ4v) is 0.806. The Labute approximate surface area is 66.0 Å². The van der Waals surface area contributed by atoms with Gasteiger partial charge in [0.2, 0.25) is 5.24 Å². The monoisotopic (exact) mass is 155 g/mol. The number of rotatable bonds is 2. The molecule has 0 spiro atoms. The molecule has 0 heterocycles. The van der Waals surface area contributed by atoms with Gasteiger partial charge in [0.1, 0.15) is 0 Å². The third-order valence-electron chi connectivity index (χ3n) is 1.08. The molecule has 0 aliphatic rings. The summed E-state index contributed by atoms with van der Waals surface area (Å²) in [4.78, 5) is 10.5. The van der Waals surface area contributed by atoms with Gasteiger partial charge in [-0.15, -0.1) is 0 Å². The van der Waals surface area contributed by atoms with Gasteiger partial charge in [0.05, 0.1) is 0 Å². The topological polar surface area (TPSA) is 17.1 Å². The maximum absolute atomic E-state index is 10.5. The standard InChI is InChI=1S/C8H7ClO/c9-8(10)6-7-4-2-1-3-5-7/h1-5H,6H2/i6D. The van der Waals surface area contributed by atoms with E-state index in [4.69, 9.17) is 13.0 Å². The van der Waals surface area contributed by atoms with Crippen molar-refractivity contribution in [3.05, 3.63) is 35.9 Å². The van der Waals surface area contributed by atoms with Crippen molar-refractivity contribution < 1.29 is 6.17 Å². The zero-order valence-electron chi connectivity index (χ0n) is 6.25. The van der Waals surface area contributed by atoms with E-state index in [1.165, 1.54) is 0 Å². The van der Waals surface area contributed by atoms with E-state index in [2.05, 4.69) is 0 Å². The van der Waals surface area contributed by atoms with Gasteiger partial charge < -0.3 is 0 Å². The van der Waals surface area contributed by atoms with Crippen LogP contribution in [0.5, 0.6) is 0 Å². The maximum Gasteiger partial charge on any atom is 0.226 e. The molecular weight excluding hydrogens is 148 g/mol. The largest absolute Gasteiger partial charge is 0.281 e. The van der Waals surface area contributed by atoms with Crippen LogP contribution in [0.3, 0.4) is 0 Å². The molecule has 0 amide bonds. The van der Waals surface area contributed by atoms with Gasteiger partial charge in [-0.3, -0.25) is 4.79 Å². The molecule has 0 aromatic heterocycles. The highest BCUT2D eigenvalue weighted by Crippen LogP contribution is 2.00. The maximum atomic E-state index is 10.5. The molecule has 0 saturated carbocycles. The number of carbonyl (C=O) groups excluding carboxylic acids is 1. The van der Waals surface area contributed by atoms with E-state index in [0.29, 0.717) is 5.56 Å². The molecule has 1 atom stereocenters. The summed E-state index contributed by atoms with van der Waals surface area (Å²) in [6, 6.07) is 8.79. The Kier molecular flexibility index (Phi) is 2.00. The van der Waals surface area contributed by atoms with E-state index in [1.54, 1.807) is 24.3 Å². The Morgan fingerprint density at radius 3 is 2.60 bits per heavy atom. The fraction of sp³-hybridized carbons (Fsp3) is 0.125. The van der Waals surface area contributed by atoms with Gasteiger partial charge >= 0.3 is 0 Å². The Bertz CT molecular complexity index is 248. The van der Waals surface area contributed by atoms with Gasteiger partial charge in [-0.1, -0.05) is 30.3 Å². The average Bonchev–Trinajstić information content (AvgIpc) is 2.05. The summed E-state index contributed by atoms with van der Waals surface area (Å²) in [5.41, 5.74) is 0.632. The molecule has 0 radical (unpaired) electrons. The third-order valence-corrected chi connectivity index (χ3v) is 1.19. The molecule has 0 aliphatic heterocycles. The van der Waals surface area contributed by atoms with Crippen LogP contribution in [0, 0.1) is 0 Å². The van der Waals surface area contributed by atoms with Gasteiger partial charge in [0.25, 0.3) is 0 Å². The second kappa shape index (κ2) is 3.37. The van der Waals surface area contributed by atoms with E-state index in [9.17, 15) is 4.79 Å². The van der Waals surface area contributed by atoms with Crippen LogP contribution >= 0.6 is 11.6 Å². The quantitative estimate of drug-likeness (QED) is 0.597. The smallest absolute Gasteiger partial charge is 0.226 e. The van der Waals surface area contributed by atoms with Crippen LogP contribution in [0.4, 0.5) is 0 Å². The van der Waals surface area contributed by atoms with Crippen molar-refractivity contribution in [1.82, 2.24) is 0 Å². The van der Waals surface area contributed by atoms with Gasteiger partial charge in [0, 0.05) is 7.77 Å². The zero-order valence-corrected chi connectivity index (χ0v) is 6.01. The zero-order chi connectivity index (χ0) is 8.27. The summed E-state index contributed by atoms with van der Waals surface area (Å²) in [7, 11) is 0. The summed E-state index contributed by atoms with van der Waals surface area (Å²) in [5.74, 6) is 0. The van der Waals surface area contributed by atoms with E-state index >= 15 is 0 Å². The molecule has 0 bridgehead atoms. The van der Waals surface area contributed by atoms with Crippen molar-refractivity contribution >= 4 is 16.8 Å². The Hall–Kier alpha value is -0.820. The number of benzene rings is 1. The minimum atomic E-state index is -0.946. The van der Waals surface area contributed by atoms with Crippen LogP contribution in [-0.4, -0.2) is 5.24 Å². The molecule has 10 heavy (non-hydrogen) atoms. The molecule has 1 unspecified atom stereocenters. The predicted molar refractivity (Wildman–Crippen MR) is 41.0 cm³/mol. The van der Waals surface area contributed by atoms with Crippen LogP contribution in [0.1, 0.15) is 6.93 Å². The lowest BCUT2D eigenvalue weighted by molar-refractivity contribution is -0.111. The first-order valence-electron chi connectivity index (χ1n) is 3.46. The minimum absolute atomic E-state index is 0.632. The first-order chi connectivity index (χ1) is 5.22. The SMILES string of the molecule is [2H]C(C(=O)Cl)c1ccccc1. The van der Waals surface area contributed by atoms with Crippen molar-refractivity contribution in [2.45, 2.75) is 6.40 Å². The summed E-state index contributed by atoms with van der Waals surface area (Å²) >= 11 is 5.14. The third kappa shape index (κ3) is 2.19. The second-order valence-corrected chi connectivity index (χ2v) is 2.23. The molecule has 0 aliphatic carbocycles.